The van der Waals surface area contributed by atoms with Crippen molar-refractivity contribution in [3.05, 3.63) is 12.7 Å². The Kier molecular flexibility index (Phi) is 5.00. The second-order valence-corrected chi connectivity index (χ2v) is 5.55. The van der Waals surface area contributed by atoms with Crippen molar-refractivity contribution >= 4 is 12.1 Å². The molecule has 0 unspecified atom stereocenters. The second-order valence-electron chi connectivity index (χ2n) is 5.55. The molecular formula is C14H22N2O4. The van der Waals surface area contributed by atoms with Crippen LogP contribution in [-0.4, -0.2) is 66.3 Å². The van der Waals surface area contributed by atoms with E-state index in [2.05, 4.69) is 11.5 Å². The van der Waals surface area contributed by atoms with Crippen LogP contribution in [0.2, 0.25) is 0 Å². The average molecular weight is 282 g/mol. The summed E-state index contributed by atoms with van der Waals surface area (Å²) in [4.78, 5) is 26.3. The Hall–Kier alpha value is -1.56. The highest BCUT2D eigenvalue weighted by atomic mass is 16.6. The lowest BCUT2D eigenvalue weighted by atomic mass is 9.92. The summed E-state index contributed by atoms with van der Waals surface area (Å²) in [5.41, 5.74) is 0. The molecule has 0 aromatic carbocycles. The summed E-state index contributed by atoms with van der Waals surface area (Å²) in [6, 6.07) is 0. The Morgan fingerprint density at radius 3 is 2.50 bits per heavy atom. The second kappa shape index (κ2) is 6.74. The average Bonchev–Trinajstić information content (AvgIpc) is 2.40. The minimum Gasteiger partial charge on any atom is -0.481 e. The molecule has 2 heterocycles. The Morgan fingerprint density at radius 1 is 1.30 bits per heavy atom. The highest BCUT2D eigenvalue weighted by Crippen LogP contribution is 2.23. The summed E-state index contributed by atoms with van der Waals surface area (Å²) in [5.74, 6) is -0.335. The molecule has 0 radical (unpaired) electrons. The molecule has 0 aliphatic carbocycles. The van der Waals surface area contributed by atoms with Gasteiger partial charge in [-0.3, -0.25) is 4.79 Å². The van der Waals surface area contributed by atoms with Crippen LogP contribution in [0.15, 0.2) is 12.7 Å². The van der Waals surface area contributed by atoms with Gasteiger partial charge >= 0.3 is 12.1 Å². The van der Waals surface area contributed by atoms with Crippen molar-refractivity contribution < 1.29 is 19.4 Å². The molecule has 2 rings (SSSR count). The van der Waals surface area contributed by atoms with Crippen molar-refractivity contribution in [2.45, 2.75) is 12.8 Å². The van der Waals surface area contributed by atoms with Gasteiger partial charge in [0.2, 0.25) is 0 Å². The molecule has 20 heavy (non-hydrogen) atoms. The van der Waals surface area contributed by atoms with E-state index in [1.54, 1.807) is 11.0 Å². The normalized spacial score (nSPS) is 21.3. The Bertz CT molecular complexity index is 371. The van der Waals surface area contributed by atoms with Gasteiger partial charge in [-0.25, -0.2) is 4.79 Å². The molecule has 0 spiro atoms. The van der Waals surface area contributed by atoms with Gasteiger partial charge in [-0.15, -0.1) is 0 Å². The molecule has 0 aromatic rings. The van der Waals surface area contributed by atoms with Gasteiger partial charge in [0.05, 0.1) is 5.92 Å². The van der Waals surface area contributed by atoms with Crippen molar-refractivity contribution in [3.63, 3.8) is 0 Å². The monoisotopic (exact) mass is 282 g/mol. The topological polar surface area (TPSA) is 70.1 Å². The van der Waals surface area contributed by atoms with Crippen molar-refractivity contribution in [3.8, 4) is 0 Å². The number of hydrogen-bond acceptors (Lipinski definition) is 4. The number of aliphatic carboxylic acids is 1. The molecule has 6 nitrogen and oxygen atoms in total. The maximum absolute atomic E-state index is 11.7. The van der Waals surface area contributed by atoms with Gasteiger partial charge in [-0.2, -0.15) is 0 Å². The van der Waals surface area contributed by atoms with Crippen LogP contribution in [0.5, 0.6) is 0 Å². The third kappa shape index (κ3) is 3.72. The van der Waals surface area contributed by atoms with Crippen molar-refractivity contribution in [2.24, 2.45) is 11.8 Å². The van der Waals surface area contributed by atoms with E-state index in [0.29, 0.717) is 19.0 Å². The van der Waals surface area contributed by atoms with Gasteiger partial charge in [-0.1, -0.05) is 12.7 Å². The first-order valence-electron chi connectivity index (χ1n) is 7.08. The molecule has 2 aliphatic rings. The summed E-state index contributed by atoms with van der Waals surface area (Å²) in [5, 5.41) is 8.83. The number of carbonyl (C=O) groups excluding carboxylic acids is 1. The number of piperidine rings is 1. The lowest BCUT2D eigenvalue weighted by Crippen LogP contribution is -2.52. The van der Waals surface area contributed by atoms with E-state index in [1.807, 2.05) is 0 Å². The maximum Gasteiger partial charge on any atom is 0.410 e. The first-order chi connectivity index (χ1) is 9.60. The lowest BCUT2D eigenvalue weighted by molar-refractivity contribution is -0.147. The molecule has 0 atom stereocenters. The smallest absolute Gasteiger partial charge is 0.410 e. The van der Waals surface area contributed by atoms with Gasteiger partial charge in [0.1, 0.15) is 6.61 Å². The van der Waals surface area contributed by atoms with Crippen LogP contribution >= 0.6 is 0 Å². The van der Waals surface area contributed by atoms with Gasteiger partial charge in [0.15, 0.2) is 0 Å². The minimum absolute atomic E-state index is 0.191. The number of carboxylic acid groups (broad SMARTS) is 1. The molecule has 2 fully saturated rings. The summed E-state index contributed by atoms with van der Waals surface area (Å²) >= 11 is 0. The molecule has 0 aromatic heterocycles. The SMILES string of the molecule is C=CCOC(=O)N1CCC(CN2CC(C(=O)O)C2)CC1. The number of amides is 1. The van der Waals surface area contributed by atoms with E-state index < -0.39 is 5.97 Å². The van der Waals surface area contributed by atoms with Crippen molar-refractivity contribution in [2.75, 3.05) is 39.3 Å². The fourth-order valence-electron chi connectivity index (χ4n) is 2.76. The van der Waals surface area contributed by atoms with Crippen LogP contribution in [0.4, 0.5) is 4.79 Å². The molecule has 2 aliphatic heterocycles. The molecular weight excluding hydrogens is 260 g/mol. The van der Waals surface area contributed by atoms with Crippen LogP contribution in [-0.2, 0) is 9.53 Å². The number of likely N-dealkylation sites (tertiary alicyclic amines) is 2. The number of nitrogens with zero attached hydrogens (tertiary/aromatic N) is 2. The largest absolute Gasteiger partial charge is 0.481 e. The fourth-order valence-corrected chi connectivity index (χ4v) is 2.76. The molecule has 1 N–H and O–H groups in total. The molecule has 2 saturated heterocycles. The summed E-state index contributed by atoms with van der Waals surface area (Å²) in [6.07, 6.45) is 3.21. The number of carboxylic acids is 1. The van der Waals surface area contributed by atoms with Gasteiger partial charge in [-0.05, 0) is 18.8 Å². The Labute approximate surface area is 119 Å². The van der Waals surface area contributed by atoms with E-state index in [0.717, 1.165) is 32.5 Å². The quantitative estimate of drug-likeness (QED) is 0.763. The highest BCUT2D eigenvalue weighted by molar-refractivity contribution is 5.71. The van der Waals surface area contributed by atoms with Crippen molar-refractivity contribution in [1.29, 1.82) is 0 Å². The van der Waals surface area contributed by atoms with Crippen LogP contribution in [0.1, 0.15) is 12.8 Å². The number of rotatable bonds is 5. The summed E-state index contributed by atoms with van der Waals surface area (Å²) in [6.45, 7) is 7.48. The molecule has 6 heteroatoms. The standard InChI is InChI=1S/C14H22N2O4/c1-2-7-20-14(19)16-5-3-11(4-6-16)8-15-9-12(10-15)13(17)18/h2,11-12H,1,3-10H2,(H,17,18). The summed E-state index contributed by atoms with van der Waals surface area (Å²) < 4.78 is 5.01. The third-order valence-electron chi connectivity index (χ3n) is 4.02. The fraction of sp³-hybridized carbons (Fsp3) is 0.714. The maximum atomic E-state index is 11.7. The zero-order valence-electron chi connectivity index (χ0n) is 11.7. The molecule has 0 bridgehead atoms. The van der Waals surface area contributed by atoms with Crippen LogP contribution in [0, 0.1) is 11.8 Å². The molecule has 1 amide bonds. The van der Waals surface area contributed by atoms with E-state index in [4.69, 9.17) is 9.84 Å². The van der Waals surface area contributed by atoms with Crippen LogP contribution in [0.25, 0.3) is 0 Å². The summed E-state index contributed by atoms with van der Waals surface area (Å²) in [7, 11) is 0. The predicted octanol–water partition coefficient (Wildman–Crippen LogP) is 1.04. The number of hydrogen-bond donors (Lipinski definition) is 1. The van der Waals surface area contributed by atoms with E-state index in [-0.39, 0.29) is 18.6 Å². The first kappa shape index (κ1) is 14.8. The predicted molar refractivity (Wildman–Crippen MR) is 73.4 cm³/mol. The number of carbonyl (C=O) groups is 2. The van der Waals surface area contributed by atoms with E-state index in [9.17, 15) is 9.59 Å². The Balaban J connectivity index is 1.64. The van der Waals surface area contributed by atoms with Gasteiger partial charge in [0.25, 0.3) is 0 Å². The first-order valence-corrected chi connectivity index (χ1v) is 7.08. The zero-order chi connectivity index (χ0) is 14.5. The highest BCUT2D eigenvalue weighted by Gasteiger charge is 2.34. The van der Waals surface area contributed by atoms with Crippen molar-refractivity contribution in [1.82, 2.24) is 9.80 Å². The molecule has 112 valence electrons. The zero-order valence-corrected chi connectivity index (χ0v) is 11.7. The van der Waals surface area contributed by atoms with Crippen LogP contribution < -0.4 is 0 Å². The van der Waals surface area contributed by atoms with E-state index in [1.165, 1.54) is 0 Å². The lowest BCUT2D eigenvalue weighted by Gasteiger charge is -2.40. The third-order valence-corrected chi connectivity index (χ3v) is 4.02. The van der Waals surface area contributed by atoms with E-state index >= 15 is 0 Å². The molecule has 0 saturated carbocycles. The van der Waals surface area contributed by atoms with Crippen LogP contribution in [0.3, 0.4) is 0 Å². The Morgan fingerprint density at radius 2 is 1.95 bits per heavy atom. The number of ether oxygens (including phenoxy) is 1. The minimum atomic E-state index is -0.693. The van der Waals surface area contributed by atoms with Gasteiger partial charge in [0, 0.05) is 32.7 Å². The van der Waals surface area contributed by atoms with Gasteiger partial charge < -0.3 is 19.6 Å².